The first kappa shape index (κ1) is 28.4. The molecule has 1 aliphatic heterocycles. The van der Waals surface area contributed by atoms with Crippen LogP contribution in [0.15, 0.2) is 58.9 Å². The van der Waals surface area contributed by atoms with Gasteiger partial charge < -0.3 is 14.7 Å². The van der Waals surface area contributed by atoms with Crippen molar-refractivity contribution in [3.05, 3.63) is 85.7 Å². The van der Waals surface area contributed by atoms with E-state index in [-0.39, 0.29) is 39.6 Å². The molecule has 0 saturated heterocycles. The number of Topliss-reactive ketones (excluding diaryl/α,β-unsaturated/α-hetero) is 2. The largest absolute Gasteiger partial charge is 0.487 e. The molecule has 0 aromatic heterocycles. The number of ketones is 2. The Hall–Kier alpha value is -3.09. The summed E-state index contributed by atoms with van der Waals surface area (Å²) in [6.07, 6.45) is 2.15. The van der Waals surface area contributed by atoms with E-state index in [1.807, 2.05) is 7.05 Å². The van der Waals surface area contributed by atoms with Crippen molar-refractivity contribution in [3.8, 4) is 5.75 Å². The van der Waals surface area contributed by atoms with Crippen molar-refractivity contribution in [2.45, 2.75) is 65.9 Å². The van der Waals surface area contributed by atoms with E-state index in [9.17, 15) is 19.5 Å². The average Bonchev–Trinajstić information content (AvgIpc) is 2.83. The lowest BCUT2D eigenvalue weighted by molar-refractivity contribution is -0.119. The number of aromatic carboxylic acids is 1. The van der Waals surface area contributed by atoms with E-state index in [4.69, 9.17) is 27.9 Å². The molecule has 2 aromatic carbocycles. The van der Waals surface area contributed by atoms with Gasteiger partial charge in [0.1, 0.15) is 12.4 Å². The maximum Gasteiger partial charge on any atom is 0.335 e. The topological polar surface area (TPSA) is 83.9 Å². The lowest BCUT2D eigenvalue weighted by Gasteiger charge is -2.48. The Kier molecular flexibility index (Phi) is 7.16. The SMILES string of the molecule is CN1C2=C(C(=O)CC(C)(C)C2)C(c2cc(Cl)cc(Cl)c2OCc2ccc(C(=O)O)cc2)C2=C1CC(C)(C)CC2=O. The number of carboxylic acids is 1. The summed E-state index contributed by atoms with van der Waals surface area (Å²) in [5, 5.41) is 9.87. The minimum atomic E-state index is -1.01. The first-order valence-corrected chi connectivity index (χ1v) is 14.1. The van der Waals surface area contributed by atoms with Crippen LogP contribution >= 0.6 is 23.2 Å². The van der Waals surface area contributed by atoms with E-state index in [0.29, 0.717) is 53.2 Å². The van der Waals surface area contributed by atoms with Crippen LogP contribution in [0.3, 0.4) is 0 Å². The van der Waals surface area contributed by atoms with Gasteiger partial charge >= 0.3 is 5.97 Å². The van der Waals surface area contributed by atoms with E-state index in [1.54, 1.807) is 24.3 Å². The second-order valence-corrected chi connectivity index (χ2v) is 13.5. The van der Waals surface area contributed by atoms with E-state index < -0.39 is 11.9 Å². The number of rotatable bonds is 5. The van der Waals surface area contributed by atoms with Crippen molar-refractivity contribution < 1.29 is 24.2 Å². The average molecular weight is 583 g/mol. The fourth-order valence-electron chi connectivity index (χ4n) is 6.32. The summed E-state index contributed by atoms with van der Waals surface area (Å²) in [5.41, 5.74) is 4.18. The number of ether oxygens (including phenoxy) is 1. The van der Waals surface area contributed by atoms with Gasteiger partial charge in [0.15, 0.2) is 11.6 Å². The molecule has 0 atom stereocenters. The molecule has 0 unspecified atom stereocenters. The fraction of sp³-hybridized carbons (Fsp3) is 0.406. The third-order valence-electron chi connectivity index (χ3n) is 8.11. The minimum absolute atomic E-state index is 0.0126. The Morgan fingerprint density at radius 1 is 0.925 bits per heavy atom. The first-order chi connectivity index (χ1) is 18.7. The molecular formula is C32H33Cl2NO5. The fourth-order valence-corrected chi connectivity index (χ4v) is 6.89. The van der Waals surface area contributed by atoms with Crippen molar-refractivity contribution in [3.63, 3.8) is 0 Å². The van der Waals surface area contributed by atoms with E-state index in [1.165, 1.54) is 12.1 Å². The highest BCUT2D eigenvalue weighted by molar-refractivity contribution is 6.35. The normalized spacial score (nSPS) is 20.4. The standard InChI is InChI=1S/C32H33Cl2NO5/c1-31(2)12-22-27(24(36)14-31)26(28-23(35(22)5)13-32(3,4)15-25(28)37)20-10-19(33)11-21(34)29(20)40-16-17-6-8-18(9-7-17)30(38)39/h6-11,26H,12-16H2,1-5H3,(H,38,39). The van der Waals surface area contributed by atoms with Gasteiger partial charge in [-0.15, -0.1) is 0 Å². The van der Waals surface area contributed by atoms with Gasteiger partial charge in [-0.05, 0) is 53.5 Å². The molecular weight excluding hydrogens is 549 g/mol. The zero-order valence-electron chi connectivity index (χ0n) is 23.4. The molecule has 5 rings (SSSR count). The van der Waals surface area contributed by atoms with Crippen molar-refractivity contribution in [2.75, 3.05) is 7.05 Å². The van der Waals surface area contributed by atoms with E-state index in [0.717, 1.165) is 17.0 Å². The van der Waals surface area contributed by atoms with Gasteiger partial charge in [-0.25, -0.2) is 4.79 Å². The zero-order valence-corrected chi connectivity index (χ0v) is 24.9. The predicted octanol–water partition coefficient (Wildman–Crippen LogP) is 7.59. The summed E-state index contributed by atoms with van der Waals surface area (Å²) in [5.74, 6) is -1.27. The molecule has 1 heterocycles. The summed E-state index contributed by atoms with van der Waals surface area (Å²) in [6, 6.07) is 9.74. The Bertz CT molecular complexity index is 1450. The number of nitrogens with zero attached hydrogens (tertiary/aromatic N) is 1. The lowest BCUT2D eigenvalue weighted by Crippen LogP contribution is -2.43. The van der Waals surface area contributed by atoms with Crippen LogP contribution in [0, 0.1) is 10.8 Å². The highest BCUT2D eigenvalue weighted by Gasteiger charge is 2.49. The van der Waals surface area contributed by atoms with Crippen molar-refractivity contribution in [1.29, 1.82) is 0 Å². The number of allylic oxidation sites excluding steroid dienone is 4. The molecule has 40 heavy (non-hydrogen) atoms. The molecule has 0 saturated carbocycles. The molecule has 3 aliphatic rings. The molecule has 2 aromatic rings. The van der Waals surface area contributed by atoms with Crippen LogP contribution in [0.2, 0.25) is 10.0 Å². The first-order valence-electron chi connectivity index (χ1n) is 13.4. The van der Waals surface area contributed by atoms with Crippen molar-refractivity contribution in [2.24, 2.45) is 10.8 Å². The monoisotopic (exact) mass is 581 g/mol. The summed E-state index contributed by atoms with van der Waals surface area (Å²) in [6.45, 7) is 8.49. The quantitative estimate of drug-likeness (QED) is 0.391. The van der Waals surface area contributed by atoms with Gasteiger partial charge in [0.2, 0.25) is 0 Å². The Morgan fingerprint density at radius 3 is 1.95 bits per heavy atom. The van der Waals surface area contributed by atoms with Crippen LogP contribution in [0.5, 0.6) is 5.75 Å². The third-order valence-corrected chi connectivity index (χ3v) is 8.61. The summed E-state index contributed by atoms with van der Waals surface area (Å²) in [4.78, 5) is 41.0. The lowest BCUT2D eigenvalue weighted by atomic mass is 9.63. The maximum absolute atomic E-state index is 13.9. The summed E-state index contributed by atoms with van der Waals surface area (Å²) < 4.78 is 6.28. The molecule has 0 radical (unpaired) electrons. The van der Waals surface area contributed by atoms with E-state index >= 15 is 0 Å². The van der Waals surface area contributed by atoms with Gasteiger partial charge in [-0.3, -0.25) is 9.59 Å². The second kappa shape index (κ2) is 10.1. The van der Waals surface area contributed by atoms with Crippen molar-refractivity contribution >= 4 is 40.7 Å². The van der Waals surface area contributed by atoms with Gasteiger partial charge in [0.05, 0.1) is 10.6 Å². The highest BCUT2D eigenvalue weighted by atomic mass is 35.5. The number of carboxylic acid groups (broad SMARTS) is 1. The number of benzene rings is 2. The Morgan fingerprint density at radius 2 is 1.45 bits per heavy atom. The summed E-state index contributed by atoms with van der Waals surface area (Å²) >= 11 is 13.3. The van der Waals surface area contributed by atoms with Gasteiger partial charge in [-0.2, -0.15) is 0 Å². The zero-order chi connectivity index (χ0) is 29.1. The molecule has 2 aliphatic carbocycles. The van der Waals surface area contributed by atoms with Crippen molar-refractivity contribution in [1.82, 2.24) is 4.90 Å². The summed E-state index contributed by atoms with van der Waals surface area (Å²) in [7, 11) is 1.97. The number of carbonyl (C=O) groups excluding carboxylic acids is 2. The molecule has 0 amide bonds. The van der Waals surface area contributed by atoms with Crippen LogP contribution in [0.4, 0.5) is 0 Å². The molecule has 0 spiro atoms. The van der Waals surface area contributed by atoms with E-state index in [2.05, 4.69) is 32.6 Å². The molecule has 0 fully saturated rings. The van der Waals surface area contributed by atoms with Crippen LogP contribution in [0.1, 0.15) is 80.8 Å². The van der Waals surface area contributed by atoms with Gasteiger partial charge in [-0.1, -0.05) is 63.0 Å². The van der Waals surface area contributed by atoms with Crippen LogP contribution in [0.25, 0.3) is 0 Å². The Balaban J connectivity index is 1.66. The van der Waals surface area contributed by atoms with Gasteiger partial charge in [0, 0.05) is 58.9 Å². The second-order valence-electron chi connectivity index (χ2n) is 12.7. The number of hydrogen-bond acceptors (Lipinski definition) is 5. The minimum Gasteiger partial charge on any atom is -0.487 e. The van der Waals surface area contributed by atoms with Crippen LogP contribution in [-0.4, -0.2) is 34.6 Å². The molecule has 210 valence electrons. The molecule has 0 bridgehead atoms. The van der Waals surface area contributed by atoms with Gasteiger partial charge in [0.25, 0.3) is 0 Å². The molecule has 6 nitrogen and oxygen atoms in total. The molecule has 8 heteroatoms. The highest BCUT2D eigenvalue weighted by Crippen LogP contribution is 2.56. The number of halogens is 2. The smallest absolute Gasteiger partial charge is 0.335 e. The van der Waals surface area contributed by atoms with Crippen LogP contribution < -0.4 is 4.74 Å². The predicted molar refractivity (Wildman–Crippen MR) is 155 cm³/mol. The maximum atomic E-state index is 13.9. The number of carbonyl (C=O) groups is 3. The number of hydrogen-bond donors (Lipinski definition) is 1. The molecule has 1 N–H and O–H groups in total. The Labute approximate surface area is 244 Å². The third kappa shape index (κ3) is 5.19. The van der Waals surface area contributed by atoms with Crippen LogP contribution in [-0.2, 0) is 16.2 Å².